The lowest BCUT2D eigenvalue weighted by Crippen LogP contribution is -2.50. The number of anilines is 3. The molecule has 13 rings (SSSR count). The van der Waals surface area contributed by atoms with Crippen LogP contribution in [0.4, 0.5) is 27.5 Å². The van der Waals surface area contributed by atoms with Crippen molar-refractivity contribution in [3.05, 3.63) is 155 Å². The Kier molecular flexibility index (Phi) is 22.1. The molecule has 3 N–H and O–H groups in total. The molecule has 5 aliphatic heterocycles. The van der Waals surface area contributed by atoms with Crippen molar-refractivity contribution >= 4 is 81.9 Å². The van der Waals surface area contributed by atoms with Crippen LogP contribution in [0.3, 0.4) is 0 Å². The number of methoxy groups -OCH3 is 2. The predicted molar refractivity (Wildman–Crippen MR) is 399 cm³/mol. The molecule has 0 radical (unpaired) electrons. The van der Waals surface area contributed by atoms with E-state index in [1.54, 1.807) is 77.9 Å². The highest BCUT2D eigenvalue weighted by Crippen LogP contribution is 2.57. The molecule has 558 valence electrons. The number of Topliss-reactive ketones (excluding diaryl/α,β-unsaturated/α-hetero) is 3. The number of aliphatic imine (C=N–C) groups is 1. The average molecular weight is 1460 g/mol. The molecule has 5 atom stereocenters. The standard InChI is InChI=1S/C82H90N10O15/c1-48(2)60(37-57(94)44-84-73(96)29-27-56(93)28-30-74(97)88-45-54-18-9-11-19-58(54)75-76(92(49(3)4)87-86-75)59-20-12-14-22-65(59)88)77(98)85-50(5)68(95)35-51-23-25-52(26-24-51)46-107-81(102)91-66-41-72(70(104-7)39-62(66)78(99)89-47-82(31-32-82)42-67(89)80(91)101)106-34-16-8-15-33-105-71-40-63-61(38-69(71)103-6)79(100)90-55(43-83-63)36-53-17-10-13-21-64(53)90/h9-14,17-26,38-41,43,48-50,55,60,67,80,101H,8,15-16,27-37,42,44-47H2,1-7H3,(H,84,96)(H,85,98)/t50-,55-,60-,67-,80?/m0/s1. The van der Waals surface area contributed by atoms with Crippen molar-refractivity contribution in [2.24, 2.45) is 22.2 Å². The summed E-state index contributed by atoms with van der Waals surface area (Å²) in [5.74, 6) is -2.51. The molecule has 2 fully saturated rings. The van der Waals surface area contributed by atoms with Gasteiger partial charge in [0.05, 0.1) is 92.5 Å². The van der Waals surface area contributed by atoms with E-state index >= 15 is 0 Å². The van der Waals surface area contributed by atoms with Crippen molar-refractivity contribution < 1.29 is 71.9 Å². The van der Waals surface area contributed by atoms with Crippen molar-refractivity contribution in [1.29, 1.82) is 0 Å². The van der Waals surface area contributed by atoms with Crippen molar-refractivity contribution in [3.8, 4) is 45.5 Å². The Labute approximate surface area is 620 Å². The fourth-order valence-electron chi connectivity index (χ4n) is 15.0. The Balaban J connectivity index is 0.559. The second kappa shape index (κ2) is 31.9. The van der Waals surface area contributed by atoms with E-state index < -0.39 is 47.9 Å². The molecule has 1 unspecified atom stereocenters. The second-order valence-corrected chi connectivity index (χ2v) is 29.3. The van der Waals surface area contributed by atoms with Crippen LogP contribution in [-0.4, -0.2) is 149 Å². The highest BCUT2D eigenvalue weighted by Gasteiger charge is 2.58. The summed E-state index contributed by atoms with van der Waals surface area (Å²) in [5.41, 5.74) is 8.92. The molecule has 1 aromatic heterocycles. The van der Waals surface area contributed by atoms with Gasteiger partial charge >= 0.3 is 6.09 Å². The first-order valence-corrected chi connectivity index (χ1v) is 36.9. The van der Waals surface area contributed by atoms with Gasteiger partial charge in [0.2, 0.25) is 17.7 Å². The quantitative estimate of drug-likeness (QED) is 0.0367. The SMILES string of the molecule is COc1cc2c(cc1OCCCCCOc1cc3c(cc1OC)C(=O)N1CC4(CC4)C[C@H]1C(O)N3C(=O)OCc1ccc(CC(=O)[C@H](C)NC(=O)[C@@H](CC(=O)CNC(=O)CCC(=O)CCC(=O)N3Cc4ccccc4-c4nnn(C(C)C)c4-c4ccccc43)C(C)C)cc1)N=C[C@@H]1Cc3ccccc3N1C2=O. The highest BCUT2D eigenvalue weighted by atomic mass is 16.6. The van der Waals surface area contributed by atoms with Crippen LogP contribution in [0.1, 0.15) is 154 Å². The topological polar surface area (TPSA) is 300 Å². The Hall–Kier alpha value is -11.1. The average Bonchev–Trinajstić information content (AvgIpc) is 1.58. The Bertz CT molecular complexity index is 4640. The van der Waals surface area contributed by atoms with Gasteiger partial charge in [-0.2, -0.15) is 0 Å². The number of carbonyl (C=O) groups excluding carboxylic acids is 9. The number of ketones is 3. The molecule has 1 aliphatic carbocycles. The van der Waals surface area contributed by atoms with Gasteiger partial charge in [-0.15, -0.1) is 5.10 Å². The van der Waals surface area contributed by atoms with E-state index in [2.05, 4.69) is 20.9 Å². The number of nitrogens with one attached hydrogen (secondary N) is 2. The van der Waals surface area contributed by atoms with Gasteiger partial charge in [-0.05, 0) is 117 Å². The molecule has 1 spiro atoms. The largest absolute Gasteiger partial charge is 0.493 e. The Morgan fingerprint density at radius 2 is 1.33 bits per heavy atom. The van der Waals surface area contributed by atoms with Gasteiger partial charge in [-0.3, -0.25) is 48.2 Å². The minimum Gasteiger partial charge on any atom is -0.493 e. The number of benzene rings is 6. The number of hydrogen-bond acceptors (Lipinski definition) is 18. The summed E-state index contributed by atoms with van der Waals surface area (Å²) in [5, 5.41) is 26.6. The lowest BCUT2D eigenvalue weighted by Gasteiger charge is -2.31. The predicted octanol–water partition coefficient (Wildman–Crippen LogP) is 11.2. The monoisotopic (exact) mass is 1450 g/mol. The molecule has 25 nitrogen and oxygen atoms in total. The van der Waals surface area contributed by atoms with Crippen LogP contribution in [0, 0.1) is 17.3 Å². The number of carbonyl (C=O) groups is 9. The molecule has 7 aromatic rings. The van der Waals surface area contributed by atoms with E-state index in [1.165, 1.54) is 20.3 Å². The lowest BCUT2D eigenvalue weighted by molar-refractivity contribution is -0.133. The van der Waals surface area contributed by atoms with Crippen LogP contribution in [0.5, 0.6) is 23.0 Å². The van der Waals surface area contributed by atoms with E-state index in [1.807, 2.05) is 97.5 Å². The summed E-state index contributed by atoms with van der Waals surface area (Å²) in [6, 6.07) is 34.7. The normalized spacial score (nSPS) is 17.5. The van der Waals surface area contributed by atoms with Crippen LogP contribution in [0.2, 0.25) is 0 Å². The number of nitrogens with zero attached hydrogens (tertiary/aromatic N) is 8. The minimum absolute atomic E-state index is 0.0140. The van der Waals surface area contributed by atoms with E-state index in [0.29, 0.717) is 84.8 Å². The van der Waals surface area contributed by atoms with Crippen LogP contribution >= 0.6 is 0 Å². The van der Waals surface area contributed by atoms with Gasteiger partial charge in [0.1, 0.15) is 18.1 Å². The molecular formula is C82H90N10O15. The summed E-state index contributed by atoms with van der Waals surface area (Å²) < 4.78 is 31.7. The Morgan fingerprint density at radius 3 is 2.03 bits per heavy atom. The zero-order chi connectivity index (χ0) is 75.4. The van der Waals surface area contributed by atoms with Crippen LogP contribution < -0.4 is 44.3 Å². The first-order chi connectivity index (χ1) is 51.6. The van der Waals surface area contributed by atoms with Crippen molar-refractivity contribution in [2.45, 2.75) is 162 Å². The summed E-state index contributed by atoms with van der Waals surface area (Å²) >= 11 is 0. The van der Waals surface area contributed by atoms with Crippen molar-refractivity contribution in [2.75, 3.05) is 55.2 Å². The van der Waals surface area contributed by atoms with Crippen LogP contribution in [0.25, 0.3) is 22.5 Å². The third-order valence-electron chi connectivity index (χ3n) is 21.2. The molecule has 107 heavy (non-hydrogen) atoms. The van der Waals surface area contributed by atoms with Crippen LogP contribution in [0.15, 0.2) is 126 Å². The maximum absolute atomic E-state index is 14.5. The number of rotatable bonds is 29. The number of unbranched alkanes of at least 4 members (excludes halogenated alkanes) is 2. The smallest absolute Gasteiger partial charge is 0.416 e. The van der Waals surface area contributed by atoms with E-state index in [0.717, 1.165) is 57.1 Å². The van der Waals surface area contributed by atoms with Gasteiger partial charge in [0.15, 0.2) is 40.8 Å². The summed E-state index contributed by atoms with van der Waals surface area (Å²) in [6.07, 6.45) is 3.59. The summed E-state index contributed by atoms with van der Waals surface area (Å²) in [7, 11) is 3.00. The number of aromatic nitrogens is 3. The lowest BCUT2D eigenvalue weighted by atomic mass is 9.89. The molecule has 6 aliphatic rings. The van der Waals surface area contributed by atoms with E-state index in [-0.39, 0.29) is 140 Å². The maximum atomic E-state index is 14.5. The summed E-state index contributed by atoms with van der Waals surface area (Å²) in [6.45, 7) is 9.84. The third-order valence-corrected chi connectivity index (χ3v) is 21.2. The molecule has 1 saturated heterocycles. The highest BCUT2D eigenvalue weighted by molar-refractivity contribution is 6.15. The number of para-hydroxylation sites is 2. The second-order valence-electron chi connectivity index (χ2n) is 29.3. The zero-order valence-electron chi connectivity index (χ0n) is 61.3. The summed E-state index contributed by atoms with van der Waals surface area (Å²) in [4.78, 5) is 135. The number of hydrogen-bond donors (Lipinski definition) is 3. The van der Waals surface area contributed by atoms with E-state index in [9.17, 15) is 48.3 Å². The molecule has 0 bridgehead atoms. The van der Waals surface area contributed by atoms with Crippen molar-refractivity contribution in [3.63, 3.8) is 0 Å². The molecule has 6 aromatic carbocycles. The first-order valence-electron chi connectivity index (χ1n) is 36.9. The molecular weight excluding hydrogens is 1360 g/mol. The molecule has 25 heteroatoms. The van der Waals surface area contributed by atoms with Gasteiger partial charge in [-0.25, -0.2) is 14.4 Å². The third kappa shape index (κ3) is 15.9. The number of ether oxygens (including phenoxy) is 5. The van der Waals surface area contributed by atoms with E-state index in [4.69, 9.17) is 28.7 Å². The van der Waals surface area contributed by atoms with Crippen LogP contribution in [-0.2, 0) is 59.5 Å². The number of fused-ring (bicyclic) bond motifs is 11. The van der Waals surface area contributed by atoms with Gasteiger partial charge in [-0.1, -0.05) is 104 Å². The zero-order valence-corrected chi connectivity index (χ0v) is 61.3. The number of aliphatic hydroxyl groups is 1. The first kappa shape index (κ1) is 74.2. The van der Waals surface area contributed by atoms with Gasteiger partial charge < -0.3 is 49.2 Å². The number of amides is 6. The van der Waals surface area contributed by atoms with Gasteiger partial charge in [0.25, 0.3) is 11.8 Å². The number of aliphatic hydroxyl groups excluding tert-OH is 1. The fourth-order valence-corrected chi connectivity index (χ4v) is 15.0. The fraction of sp³-hybridized carbons (Fsp3) is 0.415. The molecule has 6 heterocycles. The Morgan fingerprint density at radius 1 is 0.673 bits per heavy atom. The van der Waals surface area contributed by atoms with Crippen molar-refractivity contribution in [1.82, 2.24) is 30.5 Å². The molecule has 1 saturated carbocycles. The minimum atomic E-state index is -1.46. The van der Waals surface area contributed by atoms with Gasteiger partial charge in [0, 0.05) is 98.6 Å². The molecule has 6 amide bonds. The maximum Gasteiger partial charge on any atom is 0.416 e.